The van der Waals surface area contributed by atoms with Crippen LogP contribution in [0.5, 0.6) is 0 Å². The van der Waals surface area contributed by atoms with Gasteiger partial charge >= 0.3 is 0 Å². The van der Waals surface area contributed by atoms with E-state index >= 15 is 0 Å². The Labute approximate surface area is 123 Å². The summed E-state index contributed by atoms with van der Waals surface area (Å²) in [5.41, 5.74) is 3.22. The van der Waals surface area contributed by atoms with Gasteiger partial charge in [0.2, 0.25) is 0 Å². The fourth-order valence-corrected chi connectivity index (χ4v) is 3.53. The maximum absolute atomic E-state index is 6.31. The summed E-state index contributed by atoms with van der Waals surface area (Å²) in [6.07, 6.45) is 5.56. The number of benzene rings is 1. The summed E-state index contributed by atoms with van der Waals surface area (Å²) >= 11 is 8.65. The van der Waals surface area contributed by atoms with Gasteiger partial charge in [0.1, 0.15) is 0 Å². The largest absolute Gasteiger partial charge is 0.118 e. The molecule has 1 aliphatic rings. The quantitative estimate of drug-likeness (QED) is 0.387. The van der Waals surface area contributed by atoms with Crippen molar-refractivity contribution in [2.45, 2.75) is 38.5 Å². The van der Waals surface area contributed by atoms with Gasteiger partial charge in [-0.2, -0.15) is 0 Å². The lowest BCUT2D eigenvalue weighted by Crippen LogP contribution is -2.22. The molecule has 1 aromatic rings. The van der Waals surface area contributed by atoms with Crippen molar-refractivity contribution in [2.75, 3.05) is 0 Å². The van der Waals surface area contributed by atoms with Crippen LogP contribution in [0.25, 0.3) is 0 Å². The van der Waals surface area contributed by atoms with Crippen molar-refractivity contribution in [1.82, 2.24) is 0 Å². The predicted octanol–water partition coefficient (Wildman–Crippen LogP) is 5.19. The van der Waals surface area contributed by atoms with E-state index in [0.29, 0.717) is 5.41 Å². The fourth-order valence-electron chi connectivity index (χ4n) is 2.57. The number of halogens is 2. The highest BCUT2D eigenvalue weighted by molar-refractivity contribution is 14.1. The summed E-state index contributed by atoms with van der Waals surface area (Å²) < 4.78 is 1.29. The second kappa shape index (κ2) is 5.31. The summed E-state index contributed by atoms with van der Waals surface area (Å²) in [7, 11) is 0. The summed E-state index contributed by atoms with van der Waals surface area (Å²) in [5, 5.41) is 0.206. The minimum absolute atomic E-state index is 0.206. The molecular formula is C15H18ClI. The van der Waals surface area contributed by atoms with Gasteiger partial charge in [0.25, 0.3) is 0 Å². The molecule has 0 bridgehead atoms. The maximum Gasteiger partial charge on any atom is 0.0523 e. The smallest absolute Gasteiger partial charge is 0.0523 e. The van der Waals surface area contributed by atoms with Crippen molar-refractivity contribution < 1.29 is 0 Å². The first kappa shape index (κ1) is 13.4. The van der Waals surface area contributed by atoms with Crippen LogP contribution in [-0.4, -0.2) is 5.38 Å². The van der Waals surface area contributed by atoms with Crippen molar-refractivity contribution in [3.8, 4) is 0 Å². The molecule has 0 amide bonds. The van der Waals surface area contributed by atoms with E-state index in [1.807, 2.05) is 0 Å². The molecule has 92 valence electrons. The number of rotatable bonds is 2. The molecule has 0 spiro atoms. The van der Waals surface area contributed by atoms with Crippen LogP contribution in [0.1, 0.15) is 32.3 Å². The molecule has 0 nitrogen and oxygen atoms in total. The molecule has 1 atom stereocenters. The summed E-state index contributed by atoms with van der Waals surface area (Å²) in [5.74, 6) is 0. The molecule has 2 rings (SSSR count). The highest BCUT2D eigenvalue weighted by atomic mass is 127. The van der Waals surface area contributed by atoms with Gasteiger partial charge in [0.05, 0.1) is 5.38 Å². The molecule has 0 saturated heterocycles. The molecule has 0 N–H and O–H groups in total. The normalized spacial score (nSPS) is 23.3. The zero-order chi connectivity index (χ0) is 12.5. The average Bonchev–Trinajstić information content (AvgIpc) is 2.18. The van der Waals surface area contributed by atoms with Gasteiger partial charge in [-0.3, -0.25) is 0 Å². The van der Waals surface area contributed by atoms with Crippen molar-refractivity contribution in [3.63, 3.8) is 0 Å². The van der Waals surface area contributed by atoms with Crippen molar-refractivity contribution in [3.05, 3.63) is 45.0 Å². The Morgan fingerprint density at radius 3 is 2.53 bits per heavy atom. The minimum atomic E-state index is 0.206. The first-order valence-electron chi connectivity index (χ1n) is 6.03. The van der Waals surface area contributed by atoms with Gasteiger partial charge in [-0.15, -0.1) is 11.6 Å². The van der Waals surface area contributed by atoms with Gasteiger partial charge < -0.3 is 0 Å². The first-order valence-corrected chi connectivity index (χ1v) is 7.54. The summed E-state index contributed by atoms with van der Waals surface area (Å²) in [6.45, 7) is 4.62. The molecule has 17 heavy (non-hydrogen) atoms. The zero-order valence-electron chi connectivity index (χ0n) is 10.3. The van der Waals surface area contributed by atoms with Crippen molar-refractivity contribution >= 4 is 34.2 Å². The molecule has 0 fully saturated rings. The third-order valence-electron chi connectivity index (χ3n) is 3.21. The first-order chi connectivity index (χ1) is 7.94. The SMILES string of the molecule is CC1(C)CC(Cc2ccc(I)cc2)=CC(Cl)C1. The van der Waals surface area contributed by atoms with Gasteiger partial charge in [-0.25, -0.2) is 0 Å². The van der Waals surface area contributed by atoms with Crippen LogP contribution in [-0.2, 0) is 6.42 Å². The van der Waals surface area contributed by atoms with E-state index in [-0.39, 0.29) is 5.38 Å². The van der Waals surface area contributed by atoms with E-state index in [1.54, 1.807) is 0 Å². The molecule has 0 aromatic heterocycles. The Bertz CT molecular complexity index is 417. The molecule has 0 radical (unpaired) electrons. The number of allylic oxidation sites excluding steroid dienone is 2. The summed E-state index contributed by atoms with van der Waals surface area (Å²) in [6, 6.07) is 8.77. The van der Waals surface area contributed by atoms with Crippen LogP contribution in [0, 0.1) is 8.99 Å². The van der Waals surface area contributed by atoms with E-state index in [1.165, 1.54) is 21.1 Å². The molecule has 0 heterocycles. The van der Waals surface area contributed by atoms with E-state index < -0.39 is 0 Å². The van der Waals surface area contributed by atoms with Gasteiger partial charge in [0, 0.05) is 3.57 Å². The van der Waals surface area contributed by atoms with E-state index in [2.05, 4.69) is 66.8 Å². The predicted molar refractivity (Wildman–Crippen MR) is 83.6 cm³/mol. The zero-order valence-corrected chi connectivity index (χ0v) is 13.3. The van der Waals surface area contributed by atoms with Gasteiger partial charge in [-0.1, -0.05) is 37.6 Å². The molecule has 2 heteroatoms. The standard InChI is InChI=1S/C15H18ClI/c1-15(2)9-12(8-13(16)10-15)7-11-3-5-14(17)6-4-11/h3-6,8,13H,7,9-10H2,1-2H3. The number of alkyl halides is 1. The third kappa shape index (κ3) is 3.99. The average molecular weight is 361 g/mol. The van der Waals surface area contributed by atoms with Gasteiger partial charge in [-0.05, 0) is 65.0 Å². The Morgan fingerprint density at radius 2 is 1.94 bits per heavy atom. The van der Waals surface area contributed by atoms with Crippen LogP contribution >= 0.6 is 34.2 Å². The number of hydrogen-bond donors (Lipinski definition) is 0. The van der Waals surface area contributed by atoms with Crippen LogP contribution in [0.4, 0.5) is 0 Å². The molecular weight excluding hydrogens is 343 g/mol. The molecule has 1 aliphatic carbocycles. The van der Waals surface area contributed by atoms with Crippen molar-refractivity contribution in [1.29, 1.82) is 0 Å². The van der Waals surface area contributed by atoms with E-state index in [4.69, 9.17) is 11.6 Å². The minimum Gasteiger partial charge on any atom is -0.118 e. The van der Waals surface area contributed by atoms with Crippen LogP contribution in [0.15, 0.2) is 35.9 Å². The lowest BCUT2D eigenvalue weighted by atomic mass is 9.76. The number of hydrogen-bond acceptors (Lipinski definition) is 0. The highest BCUT2D eigenvalue weighted by Crippen LogP contribution is 2.38. The Kier molecular flexibility index (Phi) is 4.19. The highest BCUT2D eigenvalue weighted by Gasteiger charge is 2.27. The topological polar surface area (TPSA) is 0 Å². The van der Waals surface area contributed by atoms with Crippen LogP contribution in [0.3, 0.4) is 0 Å². The van der Waals surface area contributed by atoms with Gasteiger partial charge in [0.15, 0.2) is 0 Å². The third-order valence-corrected chi connectivity index (χ3v) is 4.21. The van der Waals surface area contributed by atoms with E-state index in [9.17, 15) is 0 Å². The second-order valence-corrected chi connectivity index (χ2v) is 7.50. The Hall–Kier alpha value is -0.0200. The van der Waals surface area contributed by atoms with E-state index in [0.717, 1.165) is 12.8 Å². The molecule has 0 saturated carbocycles. The lowest BCUT2D eigenvalue weighted by Gasteiger charge is -2.32. The van der Waals surface area contributed by atoms with Crippen LogP contribution in [0.2, 0.25) is 0 Å². The molecule has 1 aromatic carbocycles. The molecule has 0 aliphatic heterocycles. The Morgan fingerprint density at radius 1 is 1.29 bits per heavy atom. The monoisotopic (exact) mass is 360 g/mol. The lowest BCUT2D eigenvalue weighted by molar-refractivity contribution is 0.320. The Balaban J connectivity index is 2.11. The van der Waals surface area contributed by atoms with Crippen molar-refractivity contribution in [2.24, 2.45) is 5.41 Å². The molecule has 1 unspecified atom stereocenters. The van der Waals surface area contributed by atoms with Crippen LogP contribution < -0.4 is 0 Å². The maximum atomic E-state index is 6.31. The fraction of sp³-hybridized carbons (Fsp3) is 0.467. The summed E-state index contributed by atoms with van der Waals surface area (Å²) in [4.78, 5) is 0. The second-order valence-electron chi connectivity index (χ2n) is 5.69.